The van der Waals surface area contributed by atoms with E-state index >= 15 is 0 Å². The molecule has 6 heteroatoms. The van der Waals surface area contributed by atoms with E-state index in [2.05, 4.69) is 31.1 Å². The first-order valence-electron chi connectivity index (χ1n) is 5.89. The molecule has 0 amide bonds. The van der Waals surface area contributed by atoms with E-state index in [1.807, 2.05) is 0 Å². The molecule has 0 radical (unpaired) electrons. The molecule has 0 aromatic carbocycles. The van der Waals surface area contributed by atoms with E-state index in [4.69, 9.17) is 4.74 Å². The van der Waals surface area contributed by atoms with Gasteiger partial charge in [0.1, 0.15) is 0 Å². The van der Waals surface area contributed by atoms with Crippen molar-refractivity contribution in [3.05, 3.63) is 22.2 Å². The average molecular weight is 253 g/mol. The van der Waals surface area contributed by atoms with Crippen LogP contribution in [0.3, 0.4) is 0 Å². The van der Waals surface area contributed by atoms with Crippen molar-refractivity contribution >= 4 is 11.5 Å². The number of hydrogen-bond acceptors (Lipinski definition) is 5. The van der Waals surface area contributed by atoms with E-state index < -0.39 is 4.92 Å². The smallest absolute Gasteiger partial charge is 0.311 e. The van der Waals surface area contributed by atoms with E-state index in [-0.39, 0.29) is 11.5 Å². The van der Waals surface area contributed by atoms with Crippen molar-refractivity contribution in [2.24, 2.45) is 11.8 Å². The van der Waals surface area contributed by atoms with Crippen LogP contribution < -0.4 is 10.1 Å². The first kappa shape index (κ1) is 14.2. The van der Waals surface area contributed by atoms with Gasteiger partial charge in [0, 0.05) is 18.7 Å². The van der Waals surface area contributed by atoms with Gasteiger partial charge in [-0.05, 0) is 11.8 Å². The third-order valence-electron chi connectivity index (χ3n) is 2.98. The lowest BCUT2D eigenvalue weighted by atomic mass is 9.98. The number of methoxy groups -OCH3 is 1. The molecule has 1 rings (SSSR count). The summed E-state index contributed by atoms with van der Waals surface area (Å²) in [5, 5.41) is 13.9. The minimum absolute atomic E-state index is 0.0354. The van der Waals surface area contributed by atoms with Crippen molar-refractivity contribution in [2.45, 2.75) is 20.8 Å². The van der Waals surface area contributed by atoms with E-state index in [0.29, 0.717) is 24.3 Å². The van der Waals surface area contributed by atoms with Crippen molar-refractivity contribution in [2.75, 3.05) is 19.0 Å². The predicted molar refractivity (Wildman–Crippen MR) is 69.9 cm³/mol. The van der Waals surface area contributed by atoms with Crippen molar-refractivity contribution in [1.29, 1.82) is 0 Å². The first-order valence-corrected chi connectivity index (χ1v) is 5.89. The maximum absolute atomic E-state index is 10.9. The number of nitrogens with zero attached hydrogens (tertiary/aromatic N) is 2. The van der Waals surface area contributed by atoms with Crippen LogP contribution in [0.25, 0.3) is 0 Å². The van der Waals surface area contributed by atoms with Crippen molar-refractivity contribution < 1.29 is 9.66 Å². The number of anilines is 1. The van der Waals surface area contributed by atoms with E-state index in [9.17, 15) is 10.1 Å². The van der Waals surface area contributed by atoms with Crippen LogP contribution in [-0.2, 0) is 0 Å². The van der Waals surface area contributed by atoms with E-state index in [0.717, 1.165) is 0 Å². The van der Waals surface area contributed by atoms with Gasteiger partial charge in [-0.2, -0.15) is 4.98 Å². The number of hydrogen-bond donors (Lipinski definition) is 1. The van der Waals surface area contributed by atoms with Gasteiger partial charge in [0.05, 0.1) is 12.0 Å². The lowest BCUT2D eigenvalue weighted by molar-refractivity contribution is -0.384. The van der Waals surface area contributed by atoms with Crippen LogP contribution >= 0.6 is 0 Å². The molecule has 0 aliphatic heterocycles. The molecule has 100 valence electrons. The van der Waals surface area contributed by atoms with Crippen LogP contribution in [-0.4, -0.2) is 23.6 Å². The van der Waals surface area contributed by atoms with Gasteiger partial charge in [-0.15, -0.1) is 0 Å². The van der Waals surface area contributed by atoms with Gasteiger partial charge in [0.25, 0.3) is 0 Å². The molecule has 0 aliphatic rings. The fourth-order valence-corrected chi connectivity index (χ4v) is 1.32. The largest absolute Gasteiger partial charge is 0.481 e. The Morgan fingerprint density at radius 2 is 2.11 bits per heavy atom. The second-order valence-corrected chi connectivity index (χ2v) is 4.58. The van der Waals surface area contributed by atoms with Gasteiger partial charge < -0.3 is 10.1 Å². The summed E-state index contributed by atoms with van der Waals surface area (Å²) in [6.45, 7) is 6.95. The van der Waals surface area contributed by atoms with Crippen LogP contribution in [0.2, 0.25) is 0 Å². The Hall–Kier alpha value is -1.85. The molecule has 0 bridgehead atoms. The monoisotopic (exact) mass is 253 g/mol. The van der Waals surface area contributed by atoms with E-state index in [1.54, 1.807) is 0 Å². The third kappa shape index (κ3) is 3.58. The molecule has 0 spiro atoms. The summed E-state index contributed by atoms with van der Waals surface area (Å²) in [4.78, 5) is 14.5. The third-order valence-corrected chi connectivity index (χ3v) is 2.98. The lowest BCUT2D eigenvalue weighted by Gasteiger charge is -2.16. The molecule has 6 nitrogen and oxygen atoms in total. The summed E-state index contributed by atoms with van der Waals surface area (Å²) in [6, 6.07) is 2.88. The quantitative estimate of drug-likeness (QED) is 0.623. The fraction of sp³-hybridized carbons (Fsp3) is 0.583. The van der Waals surface area contributed by atoms with Crippen LogP contribution in [0.4, 0.5) is 11.5 Å². The fourth-order valence-electron chi connectivity index (χ4n) is 1.32. The van der Waals surface area contributed by atoms with Crippen molar-refractivity contribution in [1.82, 2.24) is 4.98 Å². The van der Waals surface area contributed by atoms with Crippen LogP contribution in [0.5, 0.6) is 5.88 Å². The lowest BCUT2D eigenvalue weighted by Crippen LogP contribution is -2.17. The molecule has 1 N–H and O–H groups in total. The Balaban J connectivity index is 2.87. The molecule has 0 saturated heterocycles. The summed E-state index contributed by atoms with van der Waals surface area (Å²) >= 11 is 0. The van der Waals surface area contributed by atoms with Gasteiger partial charge in [0.2, 0.25) is 11.7 Å². The van der Waals surface area contributed by atoms with Gasteiger partial charge in [0.15, 0.2) is 0 Å². The second-order valence-electron chi connectivity index (χ2n) is 4.58. The minimum Gasteiger partial charge on any atom is -0.481 e. The number of rotatable bonds is 6. The summed E-state index contributed by atoms with van der Waals surface area (Å²) in [6.07, 6.45) is 0. The highest BCUT2D eigenvalue weighted by atomic mass is 16.6. The SMILES string of the molecule is COc1ccc([N+](=O)[O-])c(NCC(C)C(C)C)n1. The summed E-state index contributed by atoms with van der Waals surface area (Å²) in [5.41, 5.74) is -0.0354. The van der Waals surface area contributed by atoms with Gasteiger partial charge in [-0.1, -0.05) is 20.8 Å². The molecule has 1 unspecified atom stereocenters. The normalized spacial score (nSPS) is 12.3. The number of nitro groups is 1. The van der Waals surface area contributed by atoms with Crippen molar-refractivity contribution in [3.8, 4) is 5.88 Å². The van der Waals surface area contributed by atoms with E-state index in [1.165, 1.54) is 19.2 Å². The zero-order valence-electron chi connectivity index (χ0n) is 11.1. The summed E-state index contributed by atoms with van der Waals surface area (Å²) in [7, 11) is 1.48. The summed E-state index contributed by atoms with van der Waals surface area (Å²) in [5.74, 6) is 1.52. The Kier molecular flexibility index (Phi) is 4.88. The first-order chi connectivity index (χ1) is 8.45. The molecule has 1 aromatic heterocycles. The molecule has 0 saturated carbocycles. The molecule has 1 atom stereocenters. The maximum Gasteiger partial charge on any atom is 0.311 e. The Morgan fingerprint density at radius 3 is 2.61 bits per heavy atom. The number of aromatic nitrogens is 1. The van der Waals surface area contributed by atoms with Gasteiger partial charge >= 0.3 is 5.69 Å². The topological polar surface area (TPSA) is 77.3 Å². The molecule has 1 aromatic rings. The minimum atomic E-state index is -0.450. The highest BCUT2D eigenvalue weighted by molar-refractivity contribution is 5.57. The van der Waals surface area contributed by atoms with Gasteiger partial charge in [-0.3, -0.25) is 10.1 Å². The standard InChI is InChI=1S/C12H19N3O3/c1-8(2)9(3)7-13-12-10(15(16)17)5-6-11(14-12)18-4/h5-6,8-9H,7H2,1-4H3,(H,13,14). The predicted octanol–water partition coefficient (Wildman–Crippen LogP) is 2.70. The molecular weight excluding hydrogens is 234 g/mol. The van der Waals surface area contributed by atoms with Crippen LogP contribution in [0.15, 0.2) is 12.1 Å². The van der Waals surface area contributed by atoms with Gasteiger partial charge in [-0.25, -0.2) is 0 Å². The molecule has 18 heavy (non-hydrogen) atoms. The molecule has 0 aliphatic carbocycles. The van der Waals surface area contributed by atoms with Crippen LogP contribution in [0.1, 0.15) is 20.8 Å². The van der Waals surface area contributed by atoms with Crippen LogP contribution in [0, 0.1) is 22.0 Å². The Bertz CT molecular complexity index is 421. The Morgan fingerprint density at radius 1 is 1.44 bits per heavy atom. The zero-order valence-corrected chi connectivity index (χ0v) is 11.1. The van der Waals surface area contributed by atoms with Crippen molar-refractivity contribution in [3.63, 3.8) is 0 Å². The maximum atomic E-state index is 10.9. The average Bonchev–Trinajstić information content (AvgIpc) is 2.34. The summed E-state index contributed by atoms with van der Waals surface area (Å²) < 4.78 is 4.97. The Labute approximate surface area is 107 Å². The second kappa shape index (κ2) is 6.18. The molecule has 0 fully saturated rings. The molecular formula is C12H19N3O3. The molecule has 1 heterocycles. The number of ether oxygens (including phenoxy) is 1. The number of nitrogens with one attached hydrogen (secondary N) is 1. The highest BCUT2D eigenvalue weighted by Crippen LogP contribution is 2.25. The number of pyridine rings is 1. The highest BCUT2D eigenvalue weighted by Gasteiger charge is 2.17. The zero-order chi connectivity index (χ0) is 13.7.